The molecule has 0 amide bonds. The van der Waals surface area contributed by atoms with Crippen LogP contribution in [0.4, 0.5) is 4.79 Å². The van der Waals surface area contributed by atoms with Gasteiger partial charge in [-0.1, -0.05) is 26.3 Å². The number of rotatable bonds is 1. The fourth-order valence-electron chi connectivity index (χ4n) is 7.45. The fourth-order valence-corrected chi connectivity index (χ4v) is 7.45. The molecule has 0 aromatic carbocycles. The maximum absolute atomic E-state index is 11.9. The number of hydrogen-bond donors (Lipinski definition) is 0. The zero-order valence-electron chi connectivity index (χ0n) is 16.5. The van der Waals surface area contributed by atoms with Crippen LogP contribution in [0.5, 0.6) is 0 Å². The molecule has 4 heteroatoms. The van der Waals surface area contributed by atoms with Gasteiger partial charge in [-0.15, -0.1) is 0 Å². The maximum Gasteiger partial charge on any atom is 0.508 e. The van der Waals surface area contributed by atoms with E-state index in [0.29, 0.717) is 47.7 Å². The fraction of sp³-hybridized carbons (Fsp3) is 0.818. The van der Waals surface area contributed by atoms with Gasteiger partial charge in [-0.25, -0.2) is 4.79 Å². The highest BCUT2D eigenvalue weighted by atomic mass is 16.7. The van der Waals surface area contributed by atoms with Crippen LogP contribution in [0.1, 0.15) is 59.3 Å². The lowest BCUT2D eigenvalue weighted by molar-refractivity contribution is -0.119. The van der Waals surface area contributed by atoms with Crippen molar-refractivity contribution in [2.24, 2.45) is 40.9 Å². The molecule has 0 radical (unpaired) electrons. The van der Waals surface area contributed by atoms with E-state index >= 15 is 0 Å². The lowest BCUT2D eigenvalue weighted by Crippen LogP contribution is -2.54. The van der Waals surface area contributed by atoms with Crippen molar-refractivity contribution in [3.63, 3.8) is 0 Å². The standard InChI is InChI=1S/C22H32O4/c1-12-9-14-10-15(23)5-6-16(14)19-13(2)11-22(3)17(20(12)19)7-8-18(22)26-21(24)25-4/h10,12-13,16-20H,5-9,11H2,1-4H3/t12-,13+,16?,17?,18+,19?,20?,22+/m1/s1. The van der Waals surface area contributed by atoms with Gasteiger partial charge in [-0.3, -0.25) is 4.79 Å². The molecular weight excluding hydrogens is 328 g/mol. The Bertz CT molecular complexity index is 638. The molecule has 4 aliphatic carbocycles. The molecule has 0 N–H and O–H groups in total. The molecule has 3 fully saturated rings. The van der Waals surface area contributed by atoms with Crippen LogP contribution in [0.3, 0.4) is 0 Å². The molecule has 26 heavy (non-hydrogen) atoms. The third-order valence-electron chi connectivity index (χ3n) is 8.26. The Morgan fingerprint density at radius 2 is 1.92 bits per heavy atom. The molecule has 0 aromatic heterocycles. The molecule has 0 aromatic rings. The zero-order chi connectivity index (χ0) is 18.6. The third kappa shape index (κ3) is 2.63. The molecule has 4 rings (SSSR count). The van der Waals surface area contributed by atoms with Crippen LogP contribution in [0.15, 0.2) is 11.6 Å². The van der Waals surface area contributed by atoms with Gasteiger partial charge < -0.3 is 9.47 Å². The van der Waals surface area contributed by atoms with Crippen LogP contribution in [0, 0.1) is 40.9 Å². The van der Waals surface area contributed by atoms with Crippen LogP contribution in [-0.2, 0) is 14.3 Å². The van der Waals surface area contributed by atoms with E-state index in [1.54, 1.807) is 0 Å². The first-order valence-corrected chi connectivity index (χ1v) is 10.3. The van der Waals surface area contributed by atoms with Crippen LogP contribution >= 0.6 is 0 Å². The van der Waals surface area contributed by atoms with E-state index in [4.69, 9.17) is 9.47 Å². The number of ketones is 1. The minimum atomic E-state index is -0.542. The van der Waals surface area contributed by atoms with Gasteiger partial charge in [0.05, 0.1) is 7.11 Å². The highest BCUT2D eigenvalue weighted by Crippen LogP contribution is 2.65. The van der Waals surface area contributed by atoms with Crippen molar-refractivity contribution in [1.82, 2.24) is 0 Å². The van der Waals surface area contributed by atoms with E-state index in [1.807, 2.05) is 6.08 Å². The first kappa shape index (κ1) is 18.1. The lowest BCUT2D eigenvalue weighted by atomic mass is 9.47. The van der Waals surface area contributed by atoms with Gasteiger partial charge >= 0.3 is 6.16 Å². The van der Waals surface area contributed by atoms with Gasteiger partial charge in [0.1, 0.15) is 6.10 Å². The van der Waals surface area contributed by atoms with Gasteiger partial charge in [-0.2, -0.15) is 0 Å². The summed E-state index contributed by atoms with van der Waals surface area (Å²) in [6, 6.07) is 0. The molecule has 144 valence electrons. The second kappa shape index (κ2) is 6.38. The Hall–Kier alpha value is -1.32. The van der Waals surface area contributed by atoms with E-state index in [1.165, 1.54) is 12.7 Å². The van der Waals surface area contributed by atoms with Gasteiger partial charge in [0.2, 0.25) is 0 Å². The van der Waals surface area contributed by atoms with E-state index in [0.717, 1.165) is 32.1 Å². The minimum absolute atomic E-state index is 0.0274. The summed E-state index contributed by atoms with van der Waals surface area (Å²) in [5.41, 5.74) is 1.47. The molecule has 0 bridgehead atoms. The van der Waals surface area contributed by atoms with Gasteiger partial charge in [0, 0.05) is 11.8 Å². The van der Waals surface area contributed by atoms with Gasteiger partial charge in [-0.05, 0) is 73.7 Å². The number of hydrogen-bond acceptors (Lipinski definition) is 4. The summed E-state index contributed by atoms with van der Waals surface area (Å²) in [4.78, 5) is 23.7. The second-order valence-electron chi connectivity index (χ2n) is 9.60. The maximum atomic E-state index is 11.9. The van der Waals surface area contributed by atoms with E-state index < -0.39 is 6.16 Å². The Morgan fingerprint density at radius 1 is 1.15 bits per heavy atom. The molecule has 0 saturated heterocycles. The van der Waals surface area contributed by atoms with Gasteiger partial charge in [0.15, 0.2) is 5.78 Å². The first-order chi connectivity index (χ1) is 12.3. The van der Waals surface area contributed by atoms with E-state index in [2.05, 4.69) is 20.8 Å². The summed E-state index contributed by atoms with van der Waals surface area (Å²) in [5.74, 6) is 4.05. The van der Waals surface area contributed by atoms with Crippen molar-refractivity contribution in [1.29, 1.82) is 0 Å². The molecule has 0 heterocycles. The van der Waals surface area contributed by atoms with E-state index in [-0.39, 0.29) is 11.5 Å². The summed E-state index contributed by atoms with van der Waals surface area (Å²) in [6.45, 7) is 7.10. The predicted octanol–water partition coefficient (Wildman–Crippen LogP) is 4.77. The summed E-state index contributed by atoms with van der Waals surface area (Å²) in [7, 11) is 1.39. The molecule has 8 atom stereocenters. The molecule has 0 spiro atoms. The van der Waals surface area contributed by atoms with Gasteiger partial charge in [0.25, 0.3) is 0 Å². The number of ether oxygens (including phenoxy) is 2. The van der Waals surface area contributed by atoms with Crippen molar-refractivity contribution >= 4 is 11.9 Å². The number of carbonyl (C=O) groups is 2. The first-order valence-electron chi connectivity index (χ1n) is 10.3. The second-order valence-corrected chi connectivity index (χ2v) is 9.60. The molecule has 3 saturated carbocycles. The largest absolute Gasteiger partial charge is 0.508 e. The normalized spacial score (nSPS) is 47.3. The average Bonchev–Trinajstić information content (AvgIpc) is 2.90. The molecule has 4 nitrogen and oxygen atoms in total. The number of methoxy groups -OCH3 is 1. The van der Waals surface area contributed by atoms with Crippen molar-refractivity contribution in [2.45, 2.75) is 65.4 Å². The average molecular weight is 360 g/mol. The quantitative estimate of drug-likeness (QED) is 0.632. The molecule has 4 aliphatic rings. The van der Waals surface area contributed by atoms with Crippen molar-refractivity contribution < 1.29 is 19.1 Å². The smallest absolute Gasteiger partial charge is 0.438 e. The van der Waals surface area contributed by atoms with E-state index in [9.17, 15) is 9.59 Å². The summed E-state index contributed by atoms with van der Waals surface area (Å²) < 4.78 is 10.5. The molecular formula is C22H32O4. The van der Waals surface area contributed by atoms with Crippen molar-refractivity contribution in [3.8, 4) is 0 Å². The Labute approximate surface area is 156 Å². The highest BCUT2D eigenvalue weighted by molar-refractivity contribution is 5.91. The topological polar surface area (TPSA) is 52.6 Å². The highest BCUT2D eigenvalue weighted by Gasteiger charge is 2.61. The minimum Gasteiger partial charge on any atom is -0.438 e. The van der Waals surface area contributed by atoms with Crippen molar-refractivity contribution in [3.05, 3.63) is 11.6 Å². The number of fused-ring (bicyclic) bond motifs is 5. The Morgan fingerprint density at radius 3 is 2.65 bits per heavy atom. The molecule has 4 unspecified atom stereocenters. The summed E-state index contributed by atoms with van der Waals surface area (Å²) >= 11 is 0. The van der Waals surface area contributed by atoms with Crippen molar-refractivity contribution in [2.75, 3.05) is 7.11 Å². The van der Waals surface area contributed by atoms with Crippen LogP contribution in [0.25, 0.3) is 0 Å². The monoisotopic (exact) mass is 360 g/mol. The lowest BCUT2D eigenvalue weighted by Gasteiger charge is -2.58. The van der Waals surface area contributed by atoms with Crippen LogP contribution in [0.2, 0.25) is 0 Å². The number of carbonyl (C=O) groups excluding carboxylic acids is 2. The number of allylic oxidation sites excluding steroid dienone is 1. The Kier molecular flexibility index (Phi) is 4.44. The van der Waals surface area contributed by atoms with Crippen LogP contribution in [-0.4, -0.2) is 25.2 Å². The zero-order valence-corrected chi connectivity index (χ0v) is 16.5. The SMILES string of the molecule is COC(=O)O[C@H]1CCC2C3C(C4CCC(=O)C=C4C[C@H]3C)[C@@H](C)C[C@@]21C. The predicted molar refractivity (Wildman–Crippen MR) is 98.5 cm³/mol. The molecule has 0 aliphatic heterocycles. The third-order valence-corrected chi connectivity index (χ3v) is 8.26. The van der Waals surface area contributed by atoms with Crippen LogP contribution < -0.4 is 0 Å². The summed E-state index contributed by atoms with van der Waals surface area (Å²) in [5, 5.41) is 0. The Balaban J connectivity index is 1.64. The summed E-state index contributed by atoms with van der Waals surface area (Å²) in [6.07, 6.45) is 7.41.